The van der Waals surface area contributed by atoms with Crippen LogP contribution in [-0.2, 0) is 0 Å². The minimum Gasteiger partial charge on any atom is -0.255 e. The smallest absolute Gasteiger partial charge is 0.0973 e. The molecule has 0 bridgehead atoms. The minimum absolute atomic E-state index is 0.778. The fourth-order valence-electron chi connectivity index (χ4n) is 6.60. The molecule has 0 spiro atoms. The molecule has 52 heavy (non-hydrogen) atoms. The van der Waals surface area contributed by atoms with Gasteiger partial charge in [-0.05, 0) is 70.4 Å². The van der Waals surface area contributed by atoms with E-state index in [1.165, 1.54) is 5.39 Å². The molecule has 0 aliphatic rings. The maximum Gasteiger partial charge on any atom is 0.0973 e. The molecule has 0 N–H and O–H groups in total. The van der Waals surface area contributed by atoms with E-state index in [-0.39, 0.29) is 0 Å². The van der Waals surface area contributed by atoms with Crippen molar-refractivity contribution in [3.05, 3.63) is 188 Å². The quantitative estimate of drug-likeness (QED) is 0.169. The highest BCUT2D eigenvalue weighted by molar-refractivity contribution is 5.92. The molecule has 0 aliphatic carbocycles. The van der Waals surface area contributed by atoms with Gasteiger partial charge in [0.15, 0.2) is 0 Å². The van der Waals surface area contributed by atoms with Gasteiger partial charge in [-0.25, -0.2) is 15.0 Å². The predicted molar refractivity (Wildman–Crippen MR) is 211 cm³/mol. The number of nitrogens with zero attached hydrogens (tertiary/aromatic N) is 5. The summed E-state index contributed by atoms with van der Waals surface area (Å²) in [5.74, 6) is 0. The zero-order valence-electron chi connectivity index (χ0n) is 28.1. The van der Waals surface area contributed by atoms with Gasteiger partial charge in [-0.1, -0.05) is 127 Å². The molecule has 0 aliphatic heterocycles. The monoisotopic (exact) mass is 665 g/mol. The molecule has 0 fully saturated rings. The molecule has 0 saturated heterocycles. The molecule has 0 radical (unpaired) electrons. The van der Waals surface area contributed by atoms with Crippen molar-refractivity contribution in [3.8, 4) is 78.9 Å². The Kier molecular flexibility index (Phi) is 8.12. The van der Waals surface area contributed by atoms with Crippen molar-refractivity contribution in [1.29, 1.82) is 0 Å². The third-order valence-electron chi connectivity index (χ3n) is 9.16. The Labute approximate surface area is 302 Å². The normalized spacial score (nSPS) is 11.1. The van der Waals surface area contributed by atoms with E-state index in [1.54, 1.807) is 12.4 Å². The first-order chi connectivity index (χ1) is 25.8. The van der Waals surface area contributed by atoms with Gasteiger partial charge in [0, 0.05) is 34.6 Å². The summed E-state index contributed by atoms with van der Waals surface area (Å²) in [5.41, 5.74) is 12.4. The molecule has 0 unspecified atom stereocenters. The van der Waals surface area contributed by atoms with E-state index in [9.17, 15) is 0 Å². The average Bonchev–Trinajstić information content (AvgIpc) is 3.24. The number of rotatable bonds is 7. The largest absolute Gasteiger partial charge is 0.255 e. The summed E-state index contributed by atoms with van der Waals surface area (Å²) in [6.07, 6.45) is 3.58. The molecule has 244 valence electrons. The number of hydrogen-bond acceptors (Lipinski definition) is 5. The van der Waals surface area contributed by atoms with Gasteiger partial charge in [0.25, 0.3) is 0 Å². The van der Waals surface area contributed by atoms with Crippen LogP contribution in [0.5, 0.6) is 0 Å². The second kappa shape index (κ2) is 13.7. The molecule has 4 aromatic heterocycles. The first-order valence-corrected chi connectivity index (χ1v) is 17.2. The lowest BCUT2D eigenvalue weighted by Gasteiger charge is -2.17. The first-order valence-electron chi connectivity index (χ1n) is 17.2. The Morgan fingerprint density at radius 1 is 0.250 bits per heavy atom. The minimum atomic E-state index is 0.778. The van der Waals surface area contributed by atoms with E-state index in [0.29, 0.717) is 0 Å². The van der Waals surface area contributed by atoms with Gasteiger partial charge in [0.2, 0.25) is 0 Å². The van der Waals surface area contributed by atoms with E-state index in [1.807, 2.05) is 72.8 Å². The van der Waals surface area contributed by atoms with Crippen molar-refractivity contribution >= 4 is 10.8 Å². The summed E-state index contributed by atoms with van der Waals surface area (Å²) >= 11 is 0. The van der Waals surface area contributed by atoms with Gasteiger partial charge in [0.05, 0.1) is 45.6 Å². The van der Waals surface area contributed by atoms with Crippen molar-refractivity contribution in [2.75, 3.05) is 0 Å². The average molecular weight is 666 g/mol. The molecule has 5 heteroatoms. The van der Waals surface area contributed by atoms with Crippen LogP contribution in [0.2, 0.25) is 0 Å². The van der Waals surface area contributed by atoms with E-state index in [2.05, 4.69) is 113 Å². The molecule has 0 saturated carbocycles. The lowest BCUT2D eigenvalue weighted by Crippen LogP contribution is -2.01. The third kappa shape index (κ3) is 6.12. The molecule has 0 atom stereocenters. The Bertz CT molecular complexity index is 2600. The molecule has 9 rings (SSSR count). The zero-order valence-corrected chi connectivity index (χ0v) is 28.1. The van der Waals surface area contributed by atoms with Gasteiger partial charge >= 0.3 is 0 Å². The first kappa shape index (κ1) is 30.9. The highest BCUT2D eigenvalue weighted by atomic mass is 14.9. The van der Waals surface area contributed by atoms with Crippen LogP contribution in [0.25, 0.3) is 89.7 Å². The summed E-state index contributed by atoms with van der Waals surface area (Å²) in [6, 6.07) is 60.1. The van der Waals surface area contributed by atoms with Crippen LogP contribution in [0.3, 0.4) is 0 Å². The predicted octanol–water partition coefficient (Wildman–Crippen LogP) is 11.5. The molecule has 5 aromatic carbocycles. The Morgan fingerprint density at radius 3 is 1.31 bits per heavy atom. The Balaban J connectivity index is 1.26. The van der Waals surface area contributed by atoms with Crippen LogP contribution >= 0.6 is 0 Å². The lowest BCUT2D eigenvalue weighted by atomic mass is 9.96. The standard InChI is InChI=1S/C47H31N5/c1-3-15-33(16-4-1)44-46(51-45(34-17-5-2-6-18-34)47(52-44)38-25-24-32-14-7-8-19-35(32)28-38)37-21-13-20-36(29-37)39-30-42(40-22-9-11-26-48-40)50-43(31-39)41-23-10-12-27-49-41/h1-31H. The topological polar surface area (TPSA) is 64.5 Å². The second-order valence-corrected chi connectivity index (χ2v) is 12.5. The third-order valence-corrected chi connectivity index (χ3v) is 9.16. The van der Waals surface area contributed by atoms with Crippen LogP contribution < -0.4 is 0 Å². The molecular formula is C47H31N5. The van der Waals surface area contributed by atoms with Crippen molar-refractivity contribution in [1.82, 2.24) is 24.9 Å². The van der Waals surface area contributed by atoms with Gasteiger partial charge in [0.1, 0.15) is 0 Å². The maximum atomic E-state index is 5.52. The van der Waals surface area contributed by atoms with Gasteiger partial charge in [-0.2, -0.15) is 0 Å². The molecule has 0 amide bonds. The molecule has 9 aromatic rings. The molecular weight excluding hydrogens is 635 g/mol. The van der Waals surface area contributed by atoms with Crippen molar-refractivity contribution in [3.63, 3.8) is 0 Å². The number of pyridine rings is 3. The lowest BCUT2D eigenvalue weighted by molar-refractivity contribution is 1.21. The van der Waals surface area contributed by atoms with Gasteiger partial charge in [-0.3, -0.25) is 9.97 Å². The van der Waals surface area contributed by atoms with Gasteiger partial charge in [-0.15, -0.1) is 0 Å². The van der Waals surface area contributed by atoms with Gasteiger partial charge < -0.3 is 0 Å². The zero-order chi connectivity index (χ0) is 34.7. The van der Waals surface area contributed by atoms with E-state index in [4.69, 9.17) is 15.0 Å². The molecule has 4 heterocycles. The van der Waals surface area contributed by atoms with Crippen molar-refractivity contribution < 1.29 is 0 Å². The summed E-state index contributed by atoms with van der Waals surface area (Å²) in [4.78, 5) is 25.2. The highest BCUT2D eigenvalue weighted by Gasteiger charge is 2.20. The fraction of sp³-hybridized carbons (Fsp3) is 0. The fourth-order valence-corrected chi connectivity index (χ4v) is 6.60. The molecule has 5 nitrogen and oxygen atoms in total. The van der Waals surface area contributed by atoms with Crippen molar-refractivity contribution in [2.45, 2.75) is 0 Å². The van der Waals surface area contributed by atoms with Crippen LogP contribution in [0, 0.1) is 0 Å². The number of aromatic nitrogens is 5. The summed E-state index contributed by atoms with van der Waals surface area (Å²) < 4.78 is 0. The highest BCUT2D eigenvalue weighted by Crippen LogP contribution is 2.39. The van der Waals surface area contributed by atoms with E-state index in [0.717, 1.165) is 84.3 Å². The Morgan fingerprint density at radius 2 is 0.731 bits per heavy atom. The van der Waals surface area contributed by atoms with E-state index < -0.39 is 0 Å². The number of benzene rings is 5. The second-order valence-electron chi connectivity index (χ2n) is 12.5. The SMILES string of the molecule is c1ccc(-c2nc(-c3ccc4ccccc4c3)c(-c3ccccc3)nc2-c2cccc(-c3cc(-c4ccccn4)nc(-c4ccccn4)c3)c2)cc1. The maximum absolute atomic E-state index is 5.52. The summed E-state index contributed by atoms with van der Waals surface area (Å²) in [5, 5.41) is 2.34. The number of hydrogen-bond donors (Lipinski definition) is 0. The van der Waals surface area contributed by atoms with Crippen LogP contribution in [0.15, 0.2) is 188 Å². The Hall–Kier alpha value is -7.11. The van der Waals surface area contributed by atoms with Crippen LogP contribution in [0.4, 0.5) is 0 Å². The number of fused-ring (bicyclic) bond motifs is 1. The van der Waals surface area contributed by atoms with Crippen molar-refractivity contribution in [2.24, 2.45) is 0 Å². The van der Waals surface area contributed by atoms with Crippen LogP contribution in [-0.4, -0.2) is 24.9 Å². The van der Waals surface area contributed by atoms with Crippen LogP contribution in [0.1, 0.15) is 0 Å². The summed E-state index contributed by atoms with van der Waals surface area (Å²) in [6.45, 7) is 0. The summed E-state index contributed by atoms with van der Waals surface area (Å²) in [7, 11) is 0. The van der Waals surface area contributed by atoms with E-state index >= 15 is 0 Å².